The zero-order valence-electron chi connectivity index (χ0n) is 9.49. The van der Waals surface area contributed by atoms with Gasteiger partial charge in [0.15, 0.2) is 5.78 Å². The average molecular weight is 277 g/mol. The Balaban J connectivity index is 3.38. The Morgan fingerprint density at radius 3 is 2.44 bits per heavy atom. The second-order valence-corrected chi connectivity index (χ2v) is 4.20. The highest BCUT2D eigenvalue weighted by molar-refractivity contribution is 6.31. The molecule has 0 heterocycles. The van der Waals surface area contributed by atoms with Crippen LogP contribution in [0.2, 0.25) is 0 Å². The van der Waals surface area contributed by atoms with E-state index in [-0.39, 0.29) is 11.1 Å². The standard InChI is InChI=1S/C12H11ClF2O3/c1-6(16)11(13)10-7(5-9(17)18)3-2-4-8(10)12(14)15/h2-4,11-12H,5H2,1H3,(H,17,18). The Labute approximate surface area is 107 Å². The predicted molar refractivity (Wildman–Crippen MR) is 62.0 cm³/mol. The molecule has 1 rings (SSSR count). The molecule has 3 nitrogen and oxygen atoms in total. The number of alkyl halides is 3. The van der Waals surface area contributed by atoms with Gasteiger partial charge in [-0.25, -0.2) is 8.78 Å². The van der Waals surface area contributed by atoms with E-state index in [1.54, 1.807) is 0 Å². The Hall–Kier alpha value is -1.49. The monoisotopic (exact) mass is 276 g/mol. The SMILES string of the molecule is CC(=O)C(Cl)c1c(CC(=O)O)cccc1C(F)F. The first-order valence-electron chi connectivity index (χ1n) is 5.10. The van der Waals surface area contributed by atoms with E-state index in [0.29, 0.717) is 0 Å². The normalized spacial score (nSPS) is 12.5. The maximum absolute atomic E-state index is 12.9. The lowest BCUT2D eigenvalue weighted by Gasteiger charge is -2.16. The molecule has 0 fully saturated rings. The molecule has 98 valence electrons. The lowest BCUT2D eigenvalue weighted by Crippen LogP contribution is -2.12. The van der Waals surface area contributed by atoms with Crippen LogP contribution in [0, 0.1) is 0 Å². The lowest BCUT2D eigenvalue weighted by atomic mass is 9.94. The number of carbonyl (C=O) groups is 2. The van der Waals surface area contributed by atoms with Crippen molar-refractivity contribution in [3.63, 3.8) is 0 Å². The molecule has 0 aliphatic heterocycles. The number of carboxylic acid groups (broad SMARTS) is 1. The van der Waals surface area contributed by atoms with Gasteiger partial charge < -0.3 is 5.11 Å². The molecule has 6 heteroatoms. The first kappa shape index (κ1) is 14.6. The van der Waals surface area contributed by atoms with Gasteiger partial charge in [0.25, 0.3) is 6.43 Å². The summed E-state index contributed by atoms with van der Waals surface area (Å²) in [5, 5.41) is 7.47. The molecular weight excluding hydrogens is 266 g/mol. The molecule has 0 saturated carbocycles. The minimum atomic E-state index is -2.81. The van der Waals surface area contributed by atoms with E-state index in [1.807, 2.05) is 0 Å². The number of benzene rings is 1. The van der Waals surface area contributed by atoms with E-state index < -0.39 is 35.5 Å². The van der Waals surface area contributed by atoms with Gasteiger partial charge in [-0.3, -0.25) is 9.59 Å². The van der Waals surface area contributed by atoms with Crippen molar-refractivity contribution in [2.45, 2.75) is 25.1 Å². The van der Waals surface area contributed by atoms with Crippen LogP contribution < -0.4 is 0 Å². The van der Waals surface area contributed by atoms with Crippen LogP contribution in [-0.4, -0.2) is 16.9 Å². The number of rotatable bonds is 5. The first-order valence-corrected chi connectivity index (χ1v) is 5.54. The van der Waals surface area contributed by atoms with Crippen LogP contribution in [0.25, 0.3) is 0 Å². The highest BCUT2D eigenvalue weighted by atomic mass is 35.5. The number of aliphatic carboxylic acids is 1. The van der Waals surface area contributed by atoms with Crippen molar-refractivity contribution in [2.75, 3.05) is 0 Å². The quantitative estimate of drug-likeness (QED) is 0.841. The molecule has 18 heavy (non-hydrogen) atoms. The van der Waals surface area contributed by atoms with Crippen LogP contribution in [0.3, 0.4) is 0 Å². The molecule has 0 aromatic heterocycles. The Morgan fingerprint density at radius 2 is 2.00 bits per heavy atom. The van der Waals surface area contributed by atoms with Gasteiger partial charge in [-0.05, 0) is 18.1 Å². The topological polar surface area (TPSA) is 54.4 Å². The smallest absolute Gasteiger partial charge is 0.307 e. The van der Waals surface area contributed by atoms with Crippen molar-refractivity contribution in [3.8, 4) is 0 Å². The van der Waals surface area contributed by atoms with Crippen molar-refractivity contribution in [2.24, 2.45) is 0 Å². The lowest BCUT2D eigenvalue weighted by molar-refractivity contribution is -0.136. The third-order valence-electron chi connectivity index (χ3n) is 2.42. The molecular formula is C12H11ClF2O3. The number of carboxylic acids is 1. The van der Waals surface area contributed by atoms with E-state index in [0.717, 1.165) is 6.07 Å². The van der Waals surface area contributed by atoms with E-state index >= 15 is 0 Å². The van der Waals surface area contributed by atoms with E-state index in [1.165, 1.54) is 19.1 Å². The number of hydrogen-bond acceptors (Lipinski definition) is 2. The molecule has 0 aliphatic carbocycles. The fourth-order valence-corrected chi connectivity index (χ4v) is 1.92. The van der Waals surface area contributed by atoms with Gasteiger partial charge in [0, 0.05) is 5.56 Å². The Kier molecular flexibility index (Phi) is 4.78. The van der Waals surface area contributed by atoms with Gasteiger partial charge in [-0.2, -0.15) is 0 Å². The zero-order valence-corrected chi connectivity index (χ0v) is 10.2. The molecule has 0 saturated heterocycles. The molecule has 0 aliphatic rings. The number of Topliss-reactive ketones (excluding diaryl/α,β-unsaturated/α-hetero) is 1. The highest BCUT2D eigenvalue weighted by Gasteiger charge is 2.25. The van der Waals surface area contributed by atoms with Gasteiger partial charge in [0.1, 0.15) is 5.38 Å². The molecule has 0 radical (unpaired) electrons. The van der Waals surface area contributed by atoms with Crippen molar-refractivity contribution < 1.29 is 23.5 Å². The third kappa shape index (κ3) is 3.26. The van der Waals surface area contributed by atoms with Crippen LogP contribution in [0.1, 0.15) is 35.4 Å². The summed E-state index contributed by atoms with van der Waals surface area (Å²) < 4.78 is 25.7. The van der Waals surface area contributed by atoms with Crippen LogP contribution in [0.15, 0.2) is 18.2 Å². The molecule has 1 aromatic rings. The van der Waals surface area contributed by atoms with Gasteiger partial charge in [0.05, 0.1) is 6.42 Å². The maximum atomic E-state index is 12.9. The minimum Gasteiger partial charge on any atom is -0.481 e. The van der Waals surface area contributed by atoms with Crippen LogP contribution in [0.5, 0.6) is 0 Å². The van der Waals surface area contributed by atoms with Gasteiger partial charge in [-0.15, -0.1) is 11.6 Å². The minimum absolute atomic E-state index is 0.0935. The summed E-state index contributed by atoms with van der Waals surface area (Å²) in [6.07, 6.45) is -3.26. The van der Waals surface area contributed by atoms with Crippen molar-refractivity contribution in [1.82, 2.24) is 0 Å². The van der Waals surface area contributed by atoms with Crippen molar-refractivity contribution >= 4 is 23.4 Å². The summed E-state index contributed by atoms with van der Waals surface area (Å²) in [4.78, 5) is 21.9. The molecule has 1 aromatic carbocycles. The number of carbonyl (C=O) groups excluding carboxylic acids is 1. The number of ketones is 1. The largest absolute Gasteiger partial charge is 0.481 e. The van der Waals surface area contributed by atoms with Crippen LogP contribution >= 0.6 is 11.6 Å². The molecule has 1 unspecified atom stereocenters. The summed E-state index contributed by atoms with van der Waals surface area (Å²) in [5.74, 6) is -1.67. The highest BCUT2D eigenvalue weighted by Crippen LogP contribution is 2.34. The summed E-state index contributed by atoms with van der Waals surface area (Å²) in [5.41, 5.74) is -0.358. The second kappa shape index (κ2) is 5.91. The molecule has 0 amide bonds. The van der Waals surface area contributed by atoms with E-state index in [2.05, 4.69) is 0 Å². The predicted octanol–water partition coefficient (Wildman–Crippen LogP) is 3.12. The molecule has 1 atom stereocenters. The van der Waals surface area contributed by atoms with Crippen LogP contribution in [0.4, 0.5) is 8.78 Å². The number of halogens is 3. The first-order chi connectivity index (χ1) is 8.34. The fraction of sp³-hybridized carbons (Fsp3) is 0.333. The van der Waals surface area contributed by atoms with Crippen molar-refractivity contribution in [1.29, 1.82) is 0 Å². The average Bonchev–Trinajstić information content (AvgIpc) is 2.26. The summed E-state index contributed by atoms with van der Waals surface area (Å²) in [7, 11) is 0. The summed E-state index contributed by atoms with van der Waals surface area (Å²) in [6.45, 7) is 1.17. The molecule has 0 bridgehead atoms. The van der Waals surface area contributed by atoms with E-state index in [9.17, 15) is 18.4 Å². The fourth-order valence-electron chi connectivity index (χ4n) is 1.65. The maximum Gasteiger partial charge on any atom is 0.307 e. The molecule has 1 N–H and O–H groups in total. The van der Waals surface area contributed by atoms with E-state index in [4.69, 9.17) is 16.7 Å². The number of hydrogen-bond donors (Lipinski definition) is 1. The van der Waals surface area contributed by atoms with Crippen molar-refractivity contribution in [3.05, 3.63) is 34.9 Å². The third-order valence-corrected chi connectivity index (χ3v) is 2.94. The molecule has 0 spiro atoms. The summed E-state index contributed by atoms with van der Waals surface area (Å²) in [6, 6.07) is 3.85. The second-order valence-electron chi connectivity index (χ2n) is 3.76. The van der Waals surface area contributed by atoms with Gasteiger partial charge >= 0.3 is 5.97 Å². The van der Waals surface area contributed by atoms with Crippen LogP contribution in [-0.2, 0) is 16.0 Å². The summed E-state index contributed by atoms with van der Waals surface area (Å²) >= 11 is 5.80. The van der Waals surface area contributed by atoms with Gasteiger partial charge in [-0.1, -0.05) is 18.2 Å². The Morgan fingerprint density at radius 1 is 1.39 bits per heavy atom. The van der Waals surface area contributed by atoms with Gasteiger partial charge in [0.2, 0.25) is 0 Å². The zero-order chi connectivity index (χ0) is 13.9. The Bertz CT molecular complexity index is 474.